The van der Waals surface area contributed by atoms with Gasteiger partial charge < -0.3 is 15.4 Å². The smallest absolute Gasteiger partial charge is 0.238 e. The first kappa shape index (κ1) is 17.7. The third-order valence-corrected chi connectivity index (χ3v) is 3.85. The van der Waals surface area contributed by atoms with Crippen LogP contribution in [0.1, 0.15) is 11.1 Å². The average Bonchev–Trinajstić information content (AvgIpc) is 2.66. The largest absolute Gasteiger partial charge is 0.457 e. The zero-order valence-electron chi connectivity index (χ0n) is 14.7. The van der Waals surface area contributed by atoms with Crippen molar-refractivity contribution in [3.05, 3.63) is 90.0 Å². The molecule has 26 heavy (non-hydrogen) atoms. The summed E-state index contributed by atoms with van der Waals surface area (Å²) in [6, 6.07) is 25.2. The molecule has 4 heteroatoms. The molecule has 0 spiro atoms. The molecule has 0 aliphatic carbocycles. The van der Waals surface area contributed by atoms with Crippen LogP contribution in [0.25, 0.3) is 0 Å². The van der Waals surface area contributed by atoms with Crippen LogP contribution < -0.4 is 15.4 Å². The van der Waals surface area contributed by atoms with Gasteiger partial charge in [-0.3, -0.25) is 4.79 Å². The van der Waals surface area contributed by atoms with Gasteiger partial charge in [0.25, 0.3) is 0 Å². The third-order valence-electron chi connectivity index (χ3n) is 3.85. The fourth-order valence-electron chi connectivity index (χ4n) is 2.46. The topological polar surface area (TPSA) is 50.4 Å². The molecule has 0 unspecified atom stereocenters. The summed E-state index contributed by atoms with van der Waals surface area (Å²) in [5.74, 6) is 1.44. The van der Waals surface area contributed by atoms with Crippen molar-refractivity contribution >= 4 is 11.6 Å². The highest BCUT2D eigenvalue weighted by Crippen LogP contribution is 2.22. The minimum Gasteiger partial charge on any atom is -0.457 e. The van der Waals surface area contributed by atoms with E-state index < -0.39 is 0 Å². The minimum absolute atomic E-state index is 0.0751. The Bertz CT molecular complexity index is 828. The Kier molecular flexibility index (Phi) is 6.01. The van der Waals surface area contributed by atoms with Crippen LogP contribution in [0.15, 0.2) is 78.9 Å². The molecule has 3 aromatic rings. The van der Waals surface area contributed by atoms with E-state index in [2.05, 4.69) is 41.8 Å². The summed E-state index contributed by atoms with van der Waals surface area (Å²) in [5.41, 5.74) is 3.13. The van der Waals surface area contributed by atoms with Crippen LogP contribution in [0.2, 0.25) is 0 Å². The van der Waals surface area contributed by atoms with Crippen LogP contribution in [0.5, 0.6) is 11.5 Å². The predicted molar refractivity (Wildman–Crippen MR) is 104 cm³/mol. The maximum atomic E-state index is 12.0. The van der Waals surface area contributed by atoms with Crippen LogP contribution in [-0.4, -0.2) is 12.5 Å². The summed E-state index contributed by atoms with van der Waals surface area (Å²) in [4.78, 5) is 12.0. The lowest BCUT2D eigenvalue weighted by molar-refractivity contribution is -0.115. The second kappa shape index (κ2) is 8.83. The number of carbonyl (C=O) groups is 1. The highest BCUT2D eigenvalue weighted by Gasteiger charge is 2.03. The highest BCUT2D eigenvalue weighted by molar-refractivity contribution is 5.92. The van der Waals surface area contributed by atoms with Crippen molar-refractivity contribution in [2.24, 2.45) is 0 Å². The van der Waals surface area contributed by atoms with E-state index in [4.69, 9.17) is 4.74 Å². The van der Waals surface area contributed by atoms with E-state index in [1.807, 2.05) is 54.6 Å². The molecule has 0 bridgehead atoms. The monoisotopic (exact) mass is 346 g/mol. The van der Waals surface area contributed by atoms with Crippen molar-refractivity contribution in [3.63, 3.8) is 0 Å². The fraction of sp³-hybridized carbons (Fsp3) is 0.136. The molecule has 0 aliphatic heterocycles. The maximum Gasteiger partial charge on any atom is 0.238 e. The van der Waals surface area contributed by atoms with Crippen LogP contribution in [-0.2, 0) is 11.3 Å². The van der Waals surface area contributed by atoms with E-state index in [0.717, 1.165) is 22.7 Å². The van der Waals surface area contributed by atoms with Gasteiger partial charge in [-0.05, 0) is 48.9 Å². The molecule has 132 valence electrons. The molecular weight excluding hydrogens is 324 g/mol. The van der Waals surface area contributed by atoms with Gasteiger partial charge in [-0.15, -0.1) is 0 Å². The first-order valence-corrected chi connectivity index (χ1v) is 8.58. The second-order valence-electron chi connectivity index (χ2n) is 6.08. The lowest BCUT2D eigenvalue weighted by atomic mass is 10.1. The number of anilines is 1. The Hall–Kier alpha value is -3.11. The first-order valence-electron chi connectivity index (χ1n) is 8.58. The quantitative estimate of drug-likeness (QED) is 0.661. The summed E-state index contributed by atoms with van der Waals surface area (Å²) in [6.45, 7) is 2.98. The van der Waals surface area contributed by atoms with E-state index in [0.29, 0.717) is 6.54 Å². The molecule has 3 rings (SSSR count). The number of carbonyl (C=O) groups excluding carboxylic acids is 1. The predicted octanol–water partition coefficient (Wildman–Crippen LogP) is 4.52. The molecule has 0 aliphatic rings. The second-order valence-corrected chi connectivity index (χ2v) is 6.08. The molecule has 2 N–H and O–H groups in total. The first-order chi connectivity index (χ1) is 12.7. The number of benzene rings is 3. The standard InChI is InChI=1S/C22H22N2O2/c1-17-7-9-18(10-8-17)15-23-16-22(25)24-19-11-13-21(14-12-19)26-20-5-3-2-4-6-20/h2-14,23H,15-16H2,1H3,(H,24,25). The number of aryl methyl sites for hydroxylation is 1. The number of amides is 1. The number of ether oxygens (including phenoxy) is 1. The van der Waals surface area contributed by atoms with Crippen molar-refractivity contribution in [1.29, 1.82) is 0 Å². The number of hydrogen-bond donors (Lipinski definition) is 2. The SMILES string of the molecule is Cc1ccc(CNCC(=O)Nc2ccc(Oc3ccccc3)cc2)cc1. The van der Waals surface area contributed by atoms with E-state index in [1.54, 1.807) is 0 Å². The summed E-state index contributed by atoms with van der Waals surface area (Å²) in [6.07, 6.45) is 0. The normalized spacial score (nSPS) is 10.3. The van der Waals surface area contributed by atoms with Gasteiger partial charge in [-0.2, -0.15) is 0 Å². The van der Waals surface area contributed by atoms with Crippen molar-refractivity contribution in [2.45, 2.75) is 13.5 Å². The molecule has 1 amide bonds. The van der Waals surface area contributed by atoms with E-state index in [9.17, 15) is 4.79 Å². The van der Waals surface area contributed by atoms with Crippen molar-refractivity contribution in [2.75, 3.05) is 11.9 Å². The van der Waals surface area contributed by atoms with Gasteiger partial charge in [0.05, 0.1) is 6.54 Å². The zero-order valence-corrected chi connectivity index (χ0v) is 14.7. The molecule has 3 aromatic carbocycles. The van der Waals surface area contributed by atoms with Gasteiger partial charge in [0.1, 0.15) is 11.5 Å². The maximum absolute atomic E-state index is 12.0. The zero-order chi connectivity index (χ0) is 18.2. The highest BCUT2D eigenvalue weighted by atomic mass is 16.5. The van der Waals surface area contributed by atoms with Crippen LogP contribution >= 0.6 is 0 Å². The number of para-hydroxylation sites is 1. The Labute approximate surface area is 153 Å². The average molecular weight is 346 g/mol. The molecule has 0 fully saturated rings. The van der Waals surface area contributed by atoms with Crippen molar-refractivity contribution in [1.82, 2.24) is 5.32 Å². The molecule has 0 saturated heterocycles. The molecule has 0 atom stereocenters. The number of nitrogens with one attached hydrogen (secondary N) is 2. The summed E-state index contributed by atoms with van der Waals surface area (Å²) < 4.78 is 5.74. The molecule has 4 nitrogen and oxygen atoms in total. The Morgan fingerprint density at radius 3 is 2.19 bits per heavy atom. The fourth-order valence-corrected chi connectivity index (χ4v) is 2.46. The van der Waals surface area contributed by atoms with Crippen molar-refractivity contribution < 1.29 is 9.53 Å². The van der Waals surface area contributed by atoms with Crippen LogP contribution in [0, 0.1) is 6.92 Å². The van der Waals surface area contributed by atoms with Gasteiger partial charge in [0.15, 0.2) is 0 Å². The molecule has 0 saturated carbocycles. The van der Waals surface area contributed by atoms with Gasteiger partial charge in [0, 0.05) is 12.2 Å². The molecule has 0 radical (unpaired) electrons. The lowest BCUT2D eigenvalue weighted by Crippen LogP contribution is -2.27. The number of rotatable bonds is 7. The van der Waals surface area contributed by atoms with Gasteiger partial charge in [-0.1, -0.05) is 48.0 Å². The molecular formula is C22H22N2O2. The van der Waals surface area contributed by atoms with Gasteiger partial charge >= 0.3 is 0 Å². The van der Waals surface area contributed by atoms with E-state index in [1.165, 1.54) is 5.56 Å². The Morgan fingerprint density at radius 1 is 0.846 bits per heavy atom. The summed E-state index contributed by atoms with van der Waals surface area (Å²) in [5, 5.41) is 6.02. The summed E-state index contributed by atoms with van der Waals surface area (Å²) in [7, 11) is 0. The van der Waals surface area contributed by atoms with Gasteiger partial charge in [0.2, 0.25) is 5.91 Å². The van der Waals surface area contributed by atoms with Crippen LogP contribution in [0.4, 0.5) is 5.69 Å². The van der Waals surface area contributed by atoms with Gasteiger partial charge in [-0.25, -0.2) is 0 Å². The third kappa shape index (κ3) is 5.46. The Morgan fingerprint density at radius 2 is 1.50 bits per heavy atom. The van der Waals surface area contributed by atoms with Crippen LogP contribution in [0.3, 0.4) is 0 Å². The molecule has 0 aromatic heterocycles. The van der Waals surface area contributed by atoms with E-state index >= 15 is 0 Å². The minimum atomic E-state index is -0.0751. The number of hydrogen-bond acceptors (Lipinski definition) is 3. The summed E-state index contributed by atoms with van der Waals surface area (Å²) >= 11 is 0. The lowest BCUT2D eigenvalue weighted by Gasteiger charge is -2.09. The van der Waals surface area contributed by atoms with Crippen molar-refractivity contribution in [3.8, 4) is 11.5 Å². The van der Waals surface area contributed by atoms with E-state index in [-0.39, 0.29) is 12.5 Å². The molecule has 0 heterocycles. The Balaban J connectivity index is 1.44.